The van der Waals surface area contributed by atoms with Gasteiger partial charge in [0.15, 0.2) is 11.5 Å². The summed E-state index contributed by atoms with van der Waals surface area (Å²) in [5.74, 6) is -0.401. The van der Waals surface area contributed by atoms with Gasteiger partial charge < -0.3 is 11.1 Å². The maximum Gasteiger partial charge on any atom is 0.278 e. The summed E-state index contributed by atoms with van der Waals surface area (Å²) >= 11 is 0. The lowest BCUT2D eigenvalue weighted by Gasteiger charge is -2.05. The lowest BCUT2D eigenvalue weighted by molar-refractivity contribution is 0.102. The largest absolute Gasteiger partial charge is 0.382 e. The molecule has 0 unspecified atom stereocenters. The van der Waals surface area contributed by atoms with Crippen LogP contribution in [0.4, 0.5) is 11.5 Å². The minimum Gasteiger partial charge on any atom is -0.382 e. The summed E-state index contributed by atoms with van der Waals surface area (Å²) in [6, 6.07) is 8.54. The monoisotopic (exact) mass is 239 g/mol. The zero-order valence-corrected chi connectivity index (χ0v) is 9.29. The molecule has 1 aromatic carbocycles. The van der Waals surface area contributed by atoms with Crippen LogP contribution in [0.15, 0.2) is 36.7 Å². The van der Waals surface area contributed by atoms with Crippen LogP contribution in [0.25, 0.3) is 0 Å². The Balaban J connectivity index is 2.22. The number of anilines is 2. The molecule has 1 heterocycles. The molecular formula is C12H9N5O. The predicted molar refractivity (Wildman–Crippen MR) is 65.6 cm³/mol. The van der Waals surface area contributed by atoms with Gasteiger partial charge in [0.2, 0.25) is 0 Å². The van der Waals surface area contributed by atoms with E-state index in [1.54, 1.807) is 24.3 Å². The van der Waals surface area contributed by atoms with Gasteiger partial charge in [0.05, 0.1) is 11.6 Å². The smallest absolute Gasteiger partial charge is 0.278 e. The maximum absolute atomic E-state index is 11.9. The van der Waals surface area contributed by atoms with Crippen LogP contribution in [0.5, 0.6) is 0 Å². The van der Waals surface area contributed by atoms with E-state index in [0.717, 1.165) is 0 Å². The van der Waals surface area contributed by atoms with Crippen molar-refractivity contribution in [3.63, 3.8) is 0 Å². The first-order valence-electron chi connectivity index (χ1n) is 5.08. The van der Waals surface area contributed by atoms with Gasteiger partial charge in [-0.2, -0.15) is 5.26 Å². The number of carbonyl (C=O) groups is 1. The minimum atomic E-state index is -0.462. The molecule has 3 N–H and O–H groups in total. The van der Waals surface area contributed by atoms with Crippen LogP contribution in [0.1, 0.15) is 16.1 Å². The quantitative estimate of drug-likeness (QED) is 0.818. The van der Waals surface area contributed by atoms with Crippen LogP contribution in [0.3, 0.4) is 0 Å². The number of nitrogen functional groups attached to an aromatic ring is 1. The summed E-state index contributed by atoms with van der Waals surface area (Å²) < 4.78 is 0. The predicted octanol–water partition coefficient (Wildman–Crippen LogP) is 1.18. The molecule has 0 aliphatic carbocycles. The first-order valence-corrected chi connectivity index (χ1v) is 5.08. The van der Waals surface area contributed by atoms with Crippen LogP contribution in [0, 0.1) is 11.3 Å². The number of rotatable bonds is 2. The highest BCUT2D eigenvalue weighted by Gasteiger charge is 2.12. The van der Waals surface area contributed by atoms with E-state index in [-0.39, 0.29) is 11.5 Å². The fourth-order valence-corrected chi connectivity index (χ4v) is 1.38. The van der Waals surface area contributed by atoms with E-state index >= 15 is 0 Å². The summed E-state index contributed by atoms with van der Waals surface area (Å²) in [6.45, 7) is 0. The normalized spacial score (nSPS) is 9.50. The van der Waals surface area contributed by atoms with Gasteiger partial charge in [-0.1, -0.05) is 6.07 Å². The van der Waals surface area contributed by atoms with E-state index in [9.17, 15) is 4.79 Å². The Labute approximate surface area is 103 Å². The highest BCUT2D eigenvalue weighted by atomic mass is 16.1. The van der Waals surface area contributed by atoms with Gasteiger partial charge in [-0.15, -0.1) is 0 Å². The Kier molecular flexibility index (Phi) is 3.16. The number of nitrogens with zero attached hydrogens (tertiary/aromatic N) is 3. The molecular weight excluding hydrogens is 230 g/mol. The van der Waals surface area contributed by atoms with Crippen molar-refractivity contribution in [2.75, 3.05) is 11.1 Å². The van der Waals surface area contributed by atoms with E-state index in [1.165, 1.54) is 12.4 Å². The number of nitrogens with two attached hydrogens (primary N) is 1. The summed E-state index contributed by atoms with van der Waals surface area (Å²) in [7, 11) is 0. The second-order valence-electron chi connectivity index (χ2n) is 3.44. The van der Waals surface area contributed by atoms with Crippen LogP contribution in [0.2, 0.25) is 0 Å². The lowest BCUT2D eigenvalue weighted by Crippen LogP contribution is -2.16. The molecule has 0 fully saturated rings. The van der Waals surface area contributed by atoms with Gasteiger partial charge in [-0.25, -0.2) is 9.97 Å². The van der Waals surface area contributed by atoms with Crippen LogP contribution in [-0.4, -0.2) is 15.9 Å². The van der Waals surface area contributed by atoms with E-state index in [4.69, 9.17) is 11.0 Å². The lowest BCUT2D eigenvalue weighted by atomic mass is 10.2. The number of carbonyl (C=O) groups excluding carboxylic acids is 1. The third-order valence-corrected chi connectivity index (χ3v) is 2.19. The molecule has 1 aromatic heterocycles. The number of aromatic nitrogens is 2. The third-order valence-electron chi connectivity index (χ3n) is 2.19. The number of hydrogen-bond donors (Lipinski definition) is 2. The number of amides is 1. The van der Waals surface area contributed by atoms with Gasteiger partial charge >= 0.3 is 0 Å². The highest BCUT2D eigenvalue weighted by molar-refractivity contribution is 6.05. The number of benzene rings is 1. The van der Waals surface area contributed by atoms with Crippen LogP contribution < -0.4 is 11.1 Å². The van der Waals surface area contributed by atoms with Crippen molar-refractivity contribution in [2.24, 2.45) is 0 Å². The SMILES string of the molecule is N#Cc1cccc(NC(=O)c2nccnc2N)c1. The van der Waals surface area contributed by atoms with Crippen molar-refractivity contribution >= 4 is 17.4 Å². The van der Waals surface area contributed by atoms with Crippen molar-refractivity contribution in [1.29, 1.82) is 5.26 Å². The van der Waals surface area contributed by atoms with Gasteiger partial charge in [-0.05, 0) is 18.2 Å². The average Bonchev–Trinajstić information content (AvgIpc) is 2.39. The van der Waals surface area contributed by atoms with E-state index in [0.29, 0.717) is 11.3 Å². The standard InChI is InChI=1S/C12H9N5O/c13-7-8-2-1-3-9(6-8)17-12(18)10-11(14)16-5-4-15-10/h1-6H,(H2,14,16)(H,17,18). The molecule has 2 aromatic rings. The van der Waals surface area contributed by atoms with Gasteiger partial charge in [0.1, 0.15) is 0 Å². The molecule has 0 bridgehead atoms. The van der Waals surface area contributed by atoms with Crippen molar-refractivity contribution in [2.45, 2.75) is 0 Å². The first kappa shape index (κ1) is 11.5. The molecule has 0 radical (unpaired) electrons. The molecule has 0 spiro atoms. The zero-order chi connectivity index (χ0) is 13.0. The van der Waals surface area contributed by atoms with Gasteiger partial charge in [-0.3, -0.25) is 4.79 Å². The molecule has 0 saturated carbocycles. The molecule has 88 valence electrons. The molecule has 6 nitrogen and oxygen atoms in total. The molecule has 0 aliphatic heterocycles. The van der Waals surface area contributed by atoms with E-state index in [1.807, 2.05) is 6.07 Å². The Morgan fingerprint density at radius 2 is 2.11 bits per heavy atom. The first-order chi connectivity index (χ1) is 8.70. The Hall–Kier alpha value is -2.94. The summed E-state index contributed by atoms with van der Waals surface area (Å²) in [4.78, 5) is 19.5. The van der Waals surface area contributed by atoms with Crippen molar-refractivity contribution < 1.29 is 4.79 Å². The Morgan fingerprint density at radius 3 is 2.83 bits per heavy atom. The second kappa shape index (κ2) is 4.93. The molecule has 18 heavy (non-hydrogen) atoms. The molecule has 0 atom stereocenters. The van der Waals surface area contributed by atoms with Crippen LogP contribution in [-0.2, 0) is 0 Å². The van der Waals surface area contributed by atoms with Gasteiger partial charge in [0.25, 0.3) is 5.91 Å². The van der Waals surface area contributed by atoms with Crippen molar-refractivity contribution in [1.82, 2.24) is 9.97 Å². The van der Waals surface area contributed by atoms with Gasteiger partial charge in [0, 0.05) is 18.1 Å². The molecule has 0 saturated heterocycles. The van der Waals surface area contributed by atoms with E-state index in [2.05, 4.69) is 15.3 Å². The Morgan fingerprint density at radius 1 is 1.33 bits per heavy atom. The molecule has 6 heteroatoms. The number of nitrogens with one attached hydrogen (secondary N) is 1. The van der Waals surface area contributed by atoms with Crippen molar-refractivity contribution in [3.05, 3.63) is 47.9 Å². The second-order valence-corrected chi connectivity index (χ2v) is 3.44. The minimum absolute atomic E-state index is 0.0554. The highest BCUT2D eigenvalue weighted by Crippen LogP contribution is 2.12. The fraction of sp³-hybridized carbons (Fsp3) is 0. The fourth-order valence-electron chi connectivity index (χ4n) is 1.38. The summed E-state index contributed by atoms with van der Waals surface area (Å²) in [5.41, 5.74) is 6.56. The molecule has 0 aliphatic rings. The summed E-state index contributed by atoms with van der Waals surface area (Å²) in [6.07, 6.45) is 2.79. The molecule has 2 rings (SSSR count). The number of nitriles is 1. The molecule has 1 amide bonds. The number of hydrogen-bond acceptors (Lipinski definition) is 5. The topological polar surface area (TPSA) is 105 Å². The van der Waals surface area contributed by atoms with Crippen LogP contribution >= 0.6 is 0 Å². The Bertz CT molecular complexity index is 632. The summed E-state index contributed by atoms with van der Waals surface area (Å²) in [5, 5.41) is 11.4. The average molecular weight is 239 g/mol. The zero-order valence-electron chi connectivity index (χ0n) is 9.29. The van der Waals surface area contributed by atoms with Crippen molar-refractivity contribution in [3.8, 4) is 6.07 Å². The third kappa shape index (κ3) is 2.41. The van der Waals surface area contributed by atoms with E-state index < -0.39 is 5.91 Å². The maximum atomic E-state index is 11.9.